The van der Waals surface area contributed by atoms with Crippen LogP contribution in [0.3, 0.4) is 0 Å². The minimum atomic E-state index is -1.57. The molecule has 0 fully saturated rings. The van der Waals surface area contributed by atoms with Gasteiger partial charge in [0.05, 0.1) is 139 Å². The number of aliphatic carboxylic acids is 1. The second-order valence-electron chi connectivity index (χ2n) is 11.7. The molecule has 0 amide bonds. The van der Waals surface area contributed by atoms with Gasteiger partial charge in [0.15, 0.2) is 0 Å². The summed E-state index contributed by atoms with van der Waals surface area (Å²) >= 11 is 0. The molecule has 0 atom stereocenters. The number of hydrogen-bond donors (Lipinski definition) is 1. The highest BCUT2D eigenvalue weighted by Crippen LogP contribution is 2.08. The monoisotopic (exact) mass is 784 g/mol. The molecule has 0 aromatic carbocycles. The van der Waals surface area contributed by atoms with Crippen LogP contribution < -0.4 is 0 Å². The van der Waals surface area contributed by atoms with E-state index in [1.165, 1.54) is 32.1 Å². The van der Waals surface area contributed by atoms with Crippen molar-refractivity contribution in [3.8, 4) is 0 Å². The number of esters is 2. The van der Waals surface area contributed by atoms with Gasteiger partial charge < -0.3 is 61.9 Å². The number of Topliss-reactive ketones (excluding diaryl/α,β-unsaturated/α-hetero) is 1. The molecule has 0 aromatic heterocycles. The first-order valence-corrected chi connectivity index (χ1v) is 19.3. The van der Waals surface area contributed by atoms with E-state index >= 15 is 0 Å². The zero-order valence-corrected chi connectivity index (χ0v) is 32.6. The van der Waals surface area contributed by atoms with Crippen molar-refractivity contribution in [2.45, 2.75) is 71.1 Å². The molecule has 0 aromatic rings. The molecular weight excluding hydrogens is 716 g/mol. The largest absolute Gasteiger partial charge is 0.476 e. The van der Waals surface area contributed by atoms with E-state index in [2.05, 4.69) is 6.92 Å². The number of unbranched alkanes of at least 4 members (excludes halogenated alkanes) is 6. The van der Waals surface area contributed by atoms with Crippen LogP contribution in [-0.2, 0) is 76.0 Å². The number of ketones is 1. The summed E-state index contributed by atoms with van der Waals surface area (Å²) in [6, 6.07) is 0. The first-order chi connectivity index (χ1) is 26.5. The Labute approximate surface area is 321 Å². The quantitative estimate of drug-likeness (QED) is 0.0537. The van der Waals surface area contributed by atoms with E-state index in [-0.39, 0.29) is 38.6 Å². The van der Waals surface area contributed by atoms with Crippen molar-refractivity contribution in [2.24, 2.45) is 0 Å². The number of ether oxygens (including phenoxy) is 12. The summed E-state index contributed by atoms with van der Waals surface area (Å²) in [7, 11) is 0. The topological polar surface area (TPSA) is 199 Å². The maximum absolute atomic E-state index is 11.7. The van der Waals surface area contributed by atoms with Crippen molar-refractivity contribution < 1.29 is 81.1 Å². The third kappa shape index (κ3) is 42.4. The third-order valence-electron chi connectivity index (χ3n) is 7.11. The highest BCUT2D eigenvalue weighted by Gasteiger charge is 2.14. The van der Waals surface area contributed by atoms with E-state index in [4.69, 9.17) is 61.9 Å². The van der Waals surface area contributed by atoms with Crippen LogP contribution in [0.2, 0.25) is 0 Å². The summed E-state index contributed by atoms with van der Waals surface area (Å²) in [5, 5.41) is 8.45. The number of hydrogen-bond acceptors (Lipinski definition) is 16. The fraction of sp³-hybridized carbons (Fsp3) is 0.892. The molecule has 0 aliphatic rings. The van der Waals surface area contributed by atoms with E-state index in [1.807, 2.05) is 0 Å². The van der Waals surface area contributed by atoms with Crippen LogP contribution in [0.5, 0.6) is 0 Å². The first kappa shape index (κ1) is 51.7. The number of carbonyl (C=O) groups excluding carboxylic acids is 3. The van der Waals surface area contributed by atoms with Crippen molar-refractivity contribution in [3.63, 3.8) is 0 Å². The van der Waals surface area contributed by atoms with Crippen LogP contribution in [-0.4, -0.2) is 174 Å². The summed E-state index contributed by atoms with van der Waals surface area (Å²) in [4.78, 5) is 44.4. The van der Waals surface area contributed by atoms with Crippen LogP contribution in [0, 0.1) is 0 Å². The zero-order chi connectivity index (χ0) is 39.4. The number of rotatable bonds is 45. The van der Waals surface area contributed by atoms with Crippen LogP contribution in [0.15, 0.2) is 0 Å². The smallest absolute Gasteiger partial charge is 0.372 e. The van der Waals surface area contributed by atoms with Gasteiger partial charge in [-0.3, -0.25) is 14.4 Å². The van der Waals surface area contributed by atoms with Crippen molar-refractivity contribution in [3.05, 3.63) is 0 Å². The summed E-state index contributed by atoms with van der Waals surface area (Å²) in [5.74, 6) is -3.40. The number of carboxylic acid groups (broad SMARTS) is 1. The molecule has 0 radical (unpaired) electrons. The molecular formula is C37H68O17. The van der Waals surface area contributed by atoms with E-state index in [1.54, 1.807) is 0 Å². The standard InChI is InChI=1S/C37H68O17/c1-2-3-4-5-6-7-8-9-35(39)53-32-30-51-28-26-49-24-22-47-20-18-45-16-14-43-12-13-44-15-17-46-19-21-48-23-25-50-27-29-52-31-33-54-36(40)11-10-34(38)37(41)42/h2-33H2,1H3,(H,41,42). The van der Waals surface area contributed by atoms with Gasteiger partial charge in [-0.2, -0.15) is 0 Å². The molecule has 1 N–H and O–H groups in total. The highest BCUT2D eigenvalue weighted by atomic mass is 16.6. The van der Waals surface area contributed by atoms with Crippen molar-refractivity contribution in [1.82, 2.24) is 0 Å². The van der Waals surface area contributed by atoms with Crippen molar-refractivity contribution in [2.75, 3.05) is 145 Å². The number of carbonyl (C=O) groups is 4. The third-order valence-corrected chi connectivity index (χ3v) is 7.11. The molecule has 17 nitrogen and oxygen atoms in total. The average molecular weight is 785 g/mol. The molecule has 0 unspecified atom stereocenters. The molecule has 0 aliphatic heterocycles. The summed E-state index contributed by atoms with van der Waals surface area (Å²) in [6.07, 6.45) is 8.05. The van der Waals surface area contributed by atoms with E-state index < -0.39 is 17.7 Å². The van der Waals surface area contributed by atoms with Gasteiger partial charge in [0.25, 0.3) is 0 Å². The lowest BCUT2D eigenvalue weighted by Gasteiger charge is -2.09. The Morgan fingerprint density at radius 3 is 0.889 bits per heavy atom. The molecule has 0 heterocycles. The van der Waals surface area contributed by atoms with Gasteiger partial charge in [-0.25, -0.2) is 4.79 Å². The lowest BCUT2D eigenvalue weighted by Crippen LogP contribution is -2.17. The fourth-order valence-corrected chi connectivity index (χ4v) is 4.20. The summed E-state index contributed by atoms with van der Waals surface area (Å²) in [5.41, 5.74) is 0. The van der Waals surface area contributed by atoms with Crippen molar-refractivity contribution >= 4 is 23.7 Å². The normalized spacial score (nSPS) is 11.2. The van der Waals surface area contributed by atoms with Gasteiger partial charge in [0.2, 0.25) is 5.78 Å². The maximum Gasteiger partial charge on any atom is 0.372 e. The van der Waals surface area contributed by atoms with E-state index in [9.17, 15) is 19.2 Å². The Kier molecular flexibility index (Phi) is 41.5. The predicted molar refractivity (Wildman–Crippen MR) is 195 cm³/mol. The molecule has 0 saturated carbocycles. The molecule has 0 rings (SSSR count). The van der Waals surface area contributed by atoms with Gasteiger partial charge in [-0.05, 0) is 6.42 Å². The Morgan fingerprint density at radius 2 is 0.593 bits per heavy atom. The molecule has 0 bridgehead atoms. The van der Waals surface area contributed by atoms with Gasteiger partial charge in [-0.15, -0.1) is 0 Å². The second kappa shape index (κ2) is 43.4. The minimum Gasteiger partial charge on any atom is -0.476 e. The molecule has 0 saturated heterocycles. The van der Waals surface area contributed by atoms with Crippen LogP contribution in [0.1, 0.15) is 71.1 Å². The molecule has 0 spiro atoms. The van der Waals surface area contributed by atoms with E-state index in [0.29, 0.717) is 132 Å². The minimum absolute atomic E-state index is 0.0101. The SMILES string of the molecule is CCCCCCCCCC(=O)OCCOCCOCCOCCOCCOCCOCCOCCOCCOCCOCCOC(=O)CCC(=O)C(=O)O. The Balaban J connectivity index is 3.15. The number of carboxylic acids is 1. The Hall–Kier alpha value is -2.32. The zero-order valence-electron chi connectivity index (χ0n) is 32.6. The van der Waals surface area contributed by atoms with Crippen LogP contribution >= 0.6 is 0 Å². The second-order valence-corrected chi connectivity index (χ2v) is 11.7. The highest BCUT2D eigenvalue weighted by molar-refractivity contribution is 6.32. The molecule has 318 valence electrons. The Bertz CT molecular complexity index is 860. The van der Waals surface area contributed by atoms with Gasteiger partial charge in [-0.1, -0.05) is 45.4 Å². The lowest BCUT2D eigenvalue weighted by atomic mass is 10.1. The van der Waals surface area contributed by atoms with Crippen LogP contribution in [0.4, 0.5) is 0 Å². The fourth-order valence-electron chi connectivity index (χ4n) is 4.20. The van der Waals surface area contributed by atoms with Crippen LogP contribution in [0.25, 0.3) is 0 Å². The predicted octanol–water partition coefficient (Wildman–Crippen LogP) is 2.81. The van der Waals surface area contributed by atoms with Gasteiger partial charge in [0.1, 0.15) is 13.2 Å². The molecule has 0 aliphatic carbocycles. The van der Waals surface area contributed by atoms with Crippen molar-refractivity contribution in [1.29, 1.82) is 0 Å². The first-order valence-electron chi connectivity index (χ1n) is 19.3. The maximum atomic E-state index is 11.7. The summed E-state index contributed by atoms with van der Waals surface area (Å²) < 4.78 is 64.3. The lowest BCUT2D eigenvalue weighted by molar-refractivity contribution is -0.151. The molecule has 54 heavy (non-hydrogen) atoms. The molecule has 17 heteroatoms. The summed E-state index contributed by atoms with van der Waals surface area (Å²) in [6.45, 7) is 10.9. The average Bonchev–Trinajstić information content (AvgIpc) is 3.16. The Morgan fingerprint density at radius 1 is 0.333 bits per heavy atom. The van der Waals surface area contributed by atoms with Gasteiger partial charge in [0, 0.05) is 12.8 Å². The van der Waals surface area contributed by atoms with Gasteiger partial charge >= 0.3 is 17.9 Å². The van der Waals surface area contributed by atoms with E-state index in [0.717, 1.165) is 12.8 Å².